The number of rotatable bonds is 29. The summed E-state index contributed by atoms with van der Waals surface area (Å²) < 4.78 is 5.44. The molecule has 4 amide bonds. The normalized spacial score (nSPS) is 13.4. The number of amides is 4. The largest absolute Gasteiger partial charge is 0.444 e. The van der Waals surface area contributed by atoms with Crippen LogP contribution in [0.3, 0.4) is 0 Å². The van der Waals surface area contributed by atoms with Gasteiger partial charge in [0.15, 0.2) is 0 Å². The summed E-state index contributed by atoms with van der Waals surface area (Å²) in [6.45, 7) is 18.2. The number of alkyl carbamates (subject to hydrolysis) is 1. The maximum Gasteiger partial charge on any atom is 0.407 e. The zero-order valence-electron chi connectivity index (χ0n) is 33.2. The number of ether oxygens (including phenoxy) is 1. The second kappa shape index (κ2) is 28.8. The number of allylic oxidation sites excluding steroid dienone is 1. The minimum atomic E-state index is -0.632. The van der Waals surface area contributed by atoms with Crippen LogP contribution in [0, 0.1) is 11.8 Å². The predicted octanol–water partition coefficient (Wildman–Crippen LogP) is 7.98. The number of unbranched alkanes of at least 4 members (excludes halogenated alkanes) is 8. The van der Waals surface area contributed by atoms with Crippen molar-refractivity contribution in [2.45, 2.75) is 170 Å². The lowest BCUT2D eigenvalue weighted by molar-refractivity contribution is -0.135. The zero-order valence-corrected chi connectivity index (χ0v) is 33.2. The Labute approximate surface area is 305 Å². The minimum absolute atomic E-state index is 0.0607. The fraction of sp³-hybridized carbons (Fsp3) is 0.825. The van der Waals surface area contributed by atoms with E-state index in [0.29, 0.717) is 52.0 Å². The molecule has 50 heavy (non-hydrogen) atoms. The van der Waals surface area contributed by atoms with E-state index in [1.165, 1.54) is 32.1 Å². The Bertz CT molecular complexity index is 979. The highest BCUT2D eigenvalue weighted by molar-refractivity contribution is 5.79. The molecule has 0 unspecified atom stereocenters. The number of nitrogens with one attached hydrogen (secondary N) is 2. The van der Waals surface area contributed by atoms with Crippen LogP contribution in [0.25, 0.3) is 0 Å². The lowest BCUT2D eigenvalue weighted by atomic mass is 10.1. The van der Waals surface area contributed by atoms with Crippen molar-refractivity contribution in [3.05, 3.63) is 12.2 Å². The number of nitrogens with zero attached hydrogens (tertiary/aromatic N) is 2. The van der Waals surface area contributed by atoms with Gasteiger partial charge in [-0.3, -0.25) is 14.4 Å². The Morgan fingerprint density at radius 1 is 0.700 bits per heavy atom. The molecular formula is C40H74N4O6. The monoisotopic (exact) mass is 707 g/mol. The van der Waals surface area contributed by atoms with E-state index in [-0.39, 0.29) is 42.0 Å². The summed E-state index contributed by atoms with van der Waals surface area (Å²) in [7, 11) is 0. The van der Waals surface area contributed by atoms with E-state index in [2.05, 4.69) is 23.6 Å². The number of hydrogen-bond acceptors (Lipinski definition) is 6. The fourth-order valence-corrected chi connectivity index (χ4v) is 5.51. The molecule has 0 spiro atoms. The highest BCUT2D eigenvalue weighted by Crippen LogP contribution is 2.13. The first kappa shape index (κ1) is 47.1. The van der Waals surface area contributed by atoms with Crippen LogP contribution in [0.5, 0.6) is 0 Å². The average molecular weight is 707 g/mol. The van der Waals surface area contributed by atoms with Crippen LogP contribution in [0.4, 0.5) is 4.79 Å². The maximum absolute atomic E-state index is 13.2. The molecule has 0 aromatic rings. The Balaban J connectivity index is 4.97. The first-order chi connectivity index (χ1) is 23.8. The molecule has 2 N–H and O–H groups in total. The molecule has 0 heterocycles. The van der Waals surface area contributed by atoms with Crippen LogP contribution in [0.15, 0.2) is 12.2 Å². The van der Waals surface area contributed by atoms with Crippen molar-refractivity contribution in [1.29, 1.82) is 0 Å². The van der Waals surface area contributed by atoms with Crippen LogP contribution >= 0.6 is 0 Å². The third kappa shape index (κ3) is 24.3. The summed E-state index contributed by atoms with van der Waals surface area (Å²) >= 11 is 0. The molecule has 290 valence electrons. The van der Waals surface area contributed by atoms with Gasteiger partial charge in [0.1, 0.15) is 11.9 Å². The third-order valence-corrected chi connectivity index (χ3v) is 8.96. The van der Waals surface area contributed by atoms with Gasteiger partial charge in [-0.2, -0.15) is 0 Å². The molecule has 0 aliphatic heterocycles. The van der Waals surface area contributed by atoms with Gasteiger partial charge >= 0.3 is 6.09 Å². The molecule has 3 atom stereocenters. The summed E-state index contributed by atoms with van der Waals surface area (Å²) in [6, 6.07) is -0.385. The van der Waals surface area contributed by atoms with Gasteiger partial charge in [-0.25, -0.2) is 4.79 Å². The summed E-state index contributed by atoms with van der Waals surface area (Å²) in [5.74, 6) is -0.0780. The Hall–Kier alpha value is -2.91. The van der Waals surface area contributed by atoms with Gasteiger partial charge in [0.2, 0.25) is 17.7 Å². The fourth-order valence-electron chi connectivity index (χ4n) is 5.51. The van der Waals surface area contributed by atoms with E-state index < -0.39 is 11.7 Å². The van der Waals surface area contributed by atoms with Gasteiger partial charge < -0.3 is 30.0 Å². The Morgan fingerprint density at radius 2 is 1.24 bits per heavy atom. The van der Waals surface area contributed by atoms with E-state index in [4.69, 9.17) is 4.74 Å². The number of carbonyl (C=O) groups excluding carboxylic acids is 5. The van der Waals surface area contributed by atoms with Crippen LogP contribution in [0.2, 0.25) is 0 Å². The molecule has 0 saturated carbocycles. The SMILES string of the molecule is CCCCCCCC/C=C\C[C@@H](CC(=O)NCCCN(CCCCCN(CCC=O)C(=O)[C@@H](C)CC)C(=O)[C@@H](C)CC)NC(=O)OC(C)(C)C. The molecule has 0 bridgehead atoms. The lowest BCUT2D eigenvalue weighted by Crippen LogP contribution is -2.42. The zero-order chi connectivity index (χ0) is 37.8. The molecule has 0 radical (unpaired) electrons. The second-order valence-corrected chi connectivity index (χ2v) is 14.8. The molecule has 0 aliphatic rings. The Morgan fingerprint density at radius 3 is 1.80 bits per heavy atom. The van der Waals surface area contributed by atoms with Gasteiger partial charge in [0, 0.05) is 63.4 Å². The van der Waals surface area contributed by atoms with Gasteiger partial charge in [-0.1, -0.05) is 78.9 Å². The number of carbonyl (C=O) groups is 5. The van der Waals surface area contributed by atoms with Gasteiger partial charge in [0.25, 0.3) is 0 Å². The molecule has 0 rings (SSSR count). The van der Waals surface area contributed by atoms with Crippen molar-refractivity contribution >= 4 is 30.1 Å². The summed E-state index contributed by atoms with van der Waals surface area (Å²) in [5.41, 5.74) is -0.632. The van der Waals surface area contributed by atoms with Crippen LogP contribution in [-0.2, 0) is 23.9 Å². The van der Waals surface area contributed by atoms with E-state index in [1.54, 1.807) is 4.90 Å². The van der Waals surface area contributed by atoms with Gasteiger partial charge in [-0.05, 0) is 78.6 Å². The van der Waals surface area contributed by atoms with Crippen LogP contribution < -0.4 is 10.6 Å². The van der Waals surface area contributed by atoms with Crippen molar-refractivity contribution in [1.82, 2.24) is 20.4 Å². The standard InChI is InChI=1S/C40H74N4O6/c1-9-12-13-14-15-16-17-18-20-25-35(42-39(49)50-40(6,7)8)32-36(46)41-26-23-29-43(37(47)33(4)10-2)27-21-19-22-28-44(30-24-31-45)38(48)34(5)11-3/h18,20,31,33-35H,9-17,19,21-30,32H2,1-8H3,(H,41,46)(H,42,49)/b20-18-/t33-,34-,35-/m0/s1. The van der Waals surface area contributed by atoms with Crippen LogP contribution in [-0.4, -0.2) is 84.3 Å². The molecule has 0 aromatic heterocycles. The van der Waals surface area contributed by atoms with Gasteiger partial charge in [-0.15, -0.1) is 0 Å². The van der Waals surface area contributed by atoms with E-state index in [1.807, 2.05) is 59.4 Å². The third-order valence-electron chi connectivity index (χ3n) is 8.96. The predicted molar refractivity (Wildman–Crippen MR) is 204 cm³/mol. The lowest BCUT2D eigenvalue weighted by Gasteiger charge is -2.27. The summed E-state index contributed by atoms with van der Waals surface area (Å²) in [4.78, 5) is 65.9. The molecule has 0 saturated heterocycles. The highest BCUT2D eigenvalue weighted by Gasteiger charge is 2.22. The summed E-state index contributed by atoms with van der Waals surface area (Å²) in [6.07, 6.45) is 18.6. The molecular weight excluding hydrogens is 632 g/mol. The number of hydrogen-bond donors (Lipinski definition) is 2. The smallest absolute Gasteiger partial charge is 0.407 e. The molecule has 10 nitrogen and oxygen atoms in total. The average Bonchev–Trinajstić information content (AvgIpc) is 3.07. The second-order valence-electron chi connectivity index (χ2n) is 14.8. The highest BCUT2D eigenvalue weighted by atomic mass is 16.6. The van der Waals surface area contributed by atoms with Gasteiger partial charge in [0.05, 0.1) is 0 Å². The van der Waals surface area contributed by atoms with Crippen molar-refractivity contribution in [3.8, 4) is 0 Å². The quantitative estimate of drug-likeness (QED) is 0.0462. The van der Waals surface area contributed by atoms with E-state index in [9.17, 15) is 24.0 Å². The summed E-state index contributed by atoms with van der Waals surface area (Å²) in [5, 5.41) is 5.86. The minimum Gasteiger partial charge on any atom is -0.444 e. The molecule has 0 aliphatic carbocycles. The van der Waals surface area contributed by atoms with E-state index in [0.717, 1.165) is 51.2 Å². The van der Waals surface area contributed by atoms with Crippen molar-refractivity contribution in [2.75, 3.05) is 32.7 Å². The first-order valence-corrected chi connectivity index (χ1v) is 19.7. The molecule has 10 heteroatoms. The topological polar surface area (TPSA) is 125 Å². The van der Waals surface area contributed by atoms with Crippen molar-refractivity contribution < 1.29 is 28.7 Å². The number of aldehydes is 1. The van der Waals surface area contributed by atoms with Crippen molar-refractivity contribution in [2.24, 2.45) is 11.8 Å². The Kier molecular flexibility index (Phi) is 27.1. The molecule has 0 fully saturated rings. The first-order valence-electron chi connectivity index (χ1n) is 19.7. The van der Waals surface area contributed by atoms with E-state index >= 15 is 0 Å². The molecule has 0 aromatic carbocycles. The van der Waals surface area contributed by atoms with Crippen molar-refractivity contribution in [3.63, 3.8) is 0 Å². The maximum atomic E-state index is 13.2. The van der Waals surface area contributed by atoms with Crippen LogP contribution in [0.1, 0.15) is 158 Å².